The molecule has 1 aliphatic carbocycles. The number of piperidine rings is 1. The van der Waals surface area contributed by atoms with Crippen LogP contribution in [0, 0.1) is 11.8 Å². The van der Waals surface area contributed by atoms with Crippen molar-refractivity contribution in [2.45, 2.75) is 25.7 Å². The third-order valence-electron chi connectivity index (χ3n) is 6.84. The van der Waals surface area contributed by atoms with E-state index in [1.807, 2.05) is 24.3 Å². The van der Waals surface area contributed by atoms with Gasteiger partial charge in [-0.1, -0.05) is 19.1 Å². The summed E-state index contributed by atoms with van der Waals surface area (Å²) in [7, 11) is -3.28. The topological polar surface area (TPSA) is 75.7 Å². The minimum Gasteiger partial charge on any atom is -0.492 e. The van der Waals surface area contributed by atoms with E-state index in [-0.39, 0.29) is 11.2 Å². The highest BCUT2D eigenvalue weighted by Gasteiger charge is 2.67. The van der Waals surface area contributed by atoms with Crippen molar-refractivity contribution in [3.8, 4) is 5.75 Å². The second-order valence-electron chi connectivity index (χ2n) is 8.75. The molecule has 2 fully saturated rings. The Bertz CT molecular complexity index is 1050. The van der Waals surface area contributed by atoms with Gasteiger partial charge in [0.05, 0.1) is 6.26 Å². The molecule has 2 aliphatic rings. The van der Waals surface area contributed by atoms with Crippen molar-refractivity contribution in [3.05, 3.63) is 59.7 Å². The van der Waals surface area contributed by atoms with Crippen molar-refractivity contribution >= 4 is 21.5 Å². The Labute approximate surface area is 184 Å². The highest BCUT2D eigenvalue weighted by molar-refractivity contribution is 7.92. The molecule has 2 aromatic carbocycles. The number of rotatable bonds is 9. The Balaban J connectivity index is 1.32. The predicted molar refractivity (Wildman–Crippen MR) is 122 cm³/mol. The largest absolute Gasteiger partial charge is 0.492 e. The number of carbonyl (C=O) groups excluding carboxylic acids is 1. The quantitative estimate of drug-likeness (QED) is 0.601. The summed E-state index contributed by atoms with van der Waals surface area (Å²) in [5, 5.41) is 0. The fraction of sp³-hybridized carbons (Fsp3) is 0.458. The van der Waals surface area contributed by atoms with E-state index in [4.69, 9.17) is 4.74 Å². The van der Waals surface area contributed by atoms with Crippen molar-refractivity contribution in [2.24, 2.45) is 11.8 Å². The second-order valence-corrected chi connectivity index (χ2v) is 10.5. The fourth-order valence-corrected chi connectivity index (χ4v) is 5.87. The molecule has 6 nitrogen and oxygen atoms in total. The number of nitrogens with zero attached hydrogens (tertiary/aromatic N) is 1. The molecule has 7 heteroatoms. The zero-order valence-electron chi connectivity index (χ0n) is 18.3. The molecule has 2 aromatic rings. The van der Waals surface area contributed by atoms with Crippen molar-refractivity contribution < 1.29 is 17.9 Å². The van der Waals surface area contributed by atoms with Gasteiger partial charge in [0.1, 0.15) is 12.4 Å². The molecule has 0 amide bonds. The lowest BCUT2D eigenvalue weighted by Gasteiger charge is -2.26. The van der Waals surface area contributed by atoms with Crippen LogP contribution in [0.5, 0.6) is 5.75 Å². The van der Waals surface area contributed by atoms with Crippen molar-refractivity contribution in [1.29, 1.82) is 0 Å². The first-order valence-corrected chi connectivity index (χ1v) is 12.7. The predicted octanol–water partition coefficient (Wildman–Crippen LogP) is 3.55. The lowest BCUT2D eigenvalue weighted by Crippen LogP contribution is -2.33. The number of likely N-dealkylation sites (tertiary alicyclic amines) is 1. The normalized spacial score (nSPS) is 25.1. The molecule has 31 heavy (non-hydrogen) atoms. The number of Topliss-reactive ketones (excluding diaryl/α,β-unsaturated/α-hetero) is 1. The van der Waals surface area contributed by atoms with Gasteiger partial charge in [-0.2, -0.15) is 0 Å². The minimum atomic E-state index is -3.28. The molecule has 1 heterocycles. The Morgan fingerprint density at radius 3 is 2.42 bits per heavy atom. The molecule has 0 bridgehead atoms. The molecule has 166 valence electrons. The number of hydrogen-bond donors (Lipinski definition) is 1. The Kier molecular flexibility index (Phi) is 5.83. The third kappa shape index (κ3) is 4.48. The maximum Gasteiger partial charge on any atom is 0.229 e. The summed E-state index contributed by atoms with van der Waals surface area (Å²) in [6.07, 6.45) is 2.23. The summed E-state index contributed by atoms with van der Waals surface area (Å²) in [5.41, 5.74) is 2.72. The molecule has 1 aliphatic heterocycles. The summed E-state index contributed by atoms with van der Waals surface area (Å²) >= 11 is 0. The molecule has 2 unspecified atom stereocenters. The number of sulfonamides is 1. The lowest BCUT2D eigenvalue weighted by molar-refractivity contribution is 0.101. The van der Waals surface area contributed by atoms with E-state index in [9.17, 15) is 13.2 Å². The SMILES string of the molecule is CCC1(c2cccc(NS(C)(=O)=O)c2)C2CN(CCOc3ccc(C(C)=O)cc3)CC21. The van der Waals surface area contributed by atoms with Gasteiger partial charge >= 0.3 is 0 Å². The number of fused-ring (bicyclic) bond motifs is 1. The first-order valence-electron chi connectivity index (χ1n) is 10.8. The molecule has 1 N–H and O–H groups in total. The fourth-order valence-electron chi connectivity index (χ4n) is 5.32. The van der Waals surface area contributed by atoms with Gasteiger partial charge < -0.3 is 4.74 Å². The van der Waals surface area contributed by atoms with Crippen molar-refractivity contribution in [1.82, 2.24) is 4.90 Å². The smallest absolute Gasteiger partial charge is 0.229 e. The van der Waals surface area contributed by atoms with E-state index >= 15 is 0 Å². The molecular weight excluding hydrogens is 412 g/mol. The Morgan fingerprint density at radius 1 is 1.16 bits per heavy atom. The van der Waals surface area contributed by atoms with Gasteiger partial charge in [0, 0.05) is 36.3 Å². The van der Waals surface area contributed by atoms with E-state index < -0.39 is 10.0 Å². The Morgan fingerprint density at radius 2 is 1.84 bits per heavy atom. The first kappa shape index (κ1) is 21.8. The number of nitrogens with one attached hydrogen (secondary N) is 1. The summed E-state index contributed by atoms with van der Waals surface area (Å²) in [6, 6.07) is 15.2. The van der Waals surface area contributed by atoms with Gasteiger partial charge in [0.15, 0.2) is 5.78 Å². The first-order chi connectivity index (χ1) is 14.7. The Hall–Kier alpha value is -2.38. The molecule has 0 spiro atoms. The van der Waals surface area contributed by atoms with Gasteiger partial charge in [-0.15, -0.1) is 0 Å². The zero-order chi connectivity index (χ0) is 22.2. The number of ketones is 1. The molecular formula is C24H30N2O4S. The average molecular weight is 443 g/mol. The van der Waals surface area contributed by atoms with Gasteiger partial charge in [-0.05, 0) is 67.1 Å². The van der Waals surface area contributed by atoms with Crippen LogP contribution in [0.4, 0.5) is 5.69 Å². The van der Waals surface area contributed by atoms with Gasteiger partial charge in [0.25, 0.3) is 0 Å². The minimum absolute atomic E-state index is 0.0555. The van der Waals surface area contributed by atoms with Gasteiger partial charge in [0.2, 0.25) is 10.0 Å². The lowest BCUT2D eigenvalue weighted by atomic mass is 9.87. The number of carbonyl (C=O) groups is 1. The number of benzene rings is 2. The van der Waals surface area contributed by atoms with E-state index in [0.29, 0.717) is 29.7 Å². The summed E-state index contributed by atoms with van der Waals surface area (Å²) in [5.74, 6) is 2.04. The van der Waals surface area contributed by atoms with E-state index in [1.54, 1.807) is 25.1 Å². The summed E-state index contributed by atoms with van der Waals surface area (Å²) in [4.78, 5) is 13.8. The van der Waals surface area contributed by atoms with Crippen LogP contribution in [0.1, 0.15) is 36.2 Å². The second kappa shape index (κ2) is 8.28. The number of ether oxygens (including phenoxy) is 1. The van der Waals surface area contributed by atoms with Crippen LogP contribution in [0.25, 0.3) is 0 Å². The molecule has 0 aromatic heterocycles. The maximum absolute atomic E-state index is 11.6. The molecule has 1 saturated heterocycles. The standard InChI is InChI=1S/C24H30N2O4S/c1-4-24(19-6-5-7-20(14-19)25-31(3,28)29)22-15-26(16-23(22)24)12-13-30-21-10-8-18(9-11-21)17(2)27/h5-11,14,22-23,25H,4,12-13,15-16H2,1-3H3. The van der Waals surface area contributed by atoms with E-state index in [1.165, 1.54) is 11.8 Å². The van der Waals surface area contributed by atoms with Crippen LogP contribution >= 0.6 is 0 Å². The highest BCUT2D eigenvalue weighted by Crippen LogP contribution is 2.65. The van der Waals surface area contributed by atoms with Crippen molar-refractivity contribution in [2.75, 3.05) is 37.2 Å². The molecule has 2 atom stereocenters. The number of anilines is 1. The molecule has 1 saturated carbocycles. The van der Waals surface area contributed by atoms with Crippen molar-refractivity contribution in [3.63, 3.8) is 0 Å². The van der Waals surface area contributed by atoms with Crippen LogP contribution in [-0.4, -0.2) is 51.6 Å². The maximum atomic E-state index is 11.6. The van der Waals surface area contributed by atoms with E-state index in [2.05, 4.69) is 22.6 Å². The molecule has 4 rings (SSSR count). The van der Waals surface area contributed by atoms with Crippen LogP contribution in [-0.2, 0) is 15.4 Å². The zero-order valence-corrected chi connectivity index (χ0v) is 19.1. The van der Waals surface area contributed by atoms with Crippen LogP contribution in [0.15, 0.2) is 48.5 Å². The van der Waals surface area contributed by atoms with Gasteiger partial charge in [-0.3, -0.25) is 14.4 Å². The van der Waals surface area contributed by atoms with E-state index in [0.717, 1.165) is 31.8 Å². The summed E-state index contributed by atoms with van der Waals surface area (Å²) in [6.45, 7) is 7.35. The van der Waals surface area contributed by atoms with Crippen LogP contribution in [0.2, 0.25) is 0 Å². The highest BCUT2D eigenvalue weighted by atomic mass is 32.2. The molecule has 0 radical (unpaired) electrons. The average Bonchev–Trinajstić information content (AvgIpc) is 3.10. The third-order valence-corrected chi connectivity index (χ3v) is 7.44. The number of hydrogen-bond acceptors (Lipinski definition) is 5. The monoisotopic (exact) mass is 442 g/mol. The summed E-state index contributed by atoms with van der Waals surface area (Å²) < 4.78 is 31.6. The van der Waals surface area contributed by atoms with Crippen LogP contribution in [0.3, 0.4) is 0 Å². The van der Waals surface area contributed by atoms with Crippen LogP contribution < -0.4 is 9.46 Å². The van der Waals surface area contributed by atoms with Gasteiger partial charge in [-0.25, -0.2) is 8.42 Å².